The molecule has 0 aliphatic carbocycles. The predicted octanol–water partition coefficient (Wildman–Crippen LogP) is 6.99. The molecule has 3 atom stereocenters. The number of rotatable bonds is 16. The number of aromatic nitrogens is 1. The fraction of sp³-hybridized carbons (Fsp3) is 0.304. The average Bonchev–Trinajstić information content (AvgIpc) is 3.75. The normalized spacial score (nSPS) is 18.8. The minimum Gasteiger partial charge on any atom is -0.497 e. The Hall–Kier alpha value is -5.90. The summed E-state index contributed by atoms with van der Waals surface area (Å²) in [5.74, 6) is -1.49. The van der Waals surface area contributed by atoms with E-state index in [1.54, 1.807) is 57.5 Å². The number of hydrogen-bond donors (Lipinski definition) is 2. The maximum atomic E-state index is 14.2. The Balaban J connectivity index is 1.12. The van der Waals surface area contributed by atoms with Crippen LogP contribution in [0, 0.1) is 5.41 Å². The van der Waals surface area contributed by atoms with E-state index in [1.165, 1.54) is 28.0 Å². The third-order valence-electron chi connectivity index (χ3n) is 10.3. The van der Waals surface area contributed by atoms with Gasteiger partial charge >= 0.3 is 11.9 Å². The van der Waals surface area contributed by atoms with Crippen LogP contribution in [0.4, 0.5) is 5.13 Å². The van der Waals surface area contributed by atoms with Crippen molar-refractivity contribution >= 4 is 69.3 Å². The summed E-state index contributed by atoms with van der Waals surface area (Å²) in [6.07, 6.45) is 0. The molecular weight excluding hydrogens is 850 g/mol. The molecule has 322 valence electrons. The highest BCUT2D eigenvalue weighted by molar-refractivity contribution is 8.00. The number of oxime groups is 1. The maximum absolute atomic E-state index is 14.2. The number of halogens is 1. The Bertz CT molecular complexity index is 2300. The summed E-state index contributed by atoms with van der Waals surface area (Å²) in [5.41, 5.74) is 0.660. The van der Waals surface area contributed by atoms with E-state index < -0.39 is 58.3 Å². The van der Waals surface area contributed by atoms with E-state index in [1.807, 2.05) is 91.0 Å². The highest BCUT2D eigenvalue weighted by Crippen LogP contribution is 2.44. The lowest BCUT2D eigenvalue weighted by Crippen LogP contribution is -2.74. The van der Waals surface area contributed by atoms with Crippen molar-refractivity contribution in [2.45, 2.75) is 49.9 Å². The number of esters is 2. The minimum atomic E-state index is -1.15. The van der Waals surface area contributed by atoms with Crippen LogP contribution in [-0.2, 0) is 45.6 Å². The van der Waals surface area contributed by atoms with Gasteiger partial charge in [-0.25, -0.2) is 9.78 Å². The number of amides is 2. The van der Waals surface area contributed by atoms with Gasteiger partial charge in [0, 0.05) is 23.6 Å². The lowest BCUT2D eigenvalue weighted by molar-refractivity contribution is -0.162. The van der Waals surface area contributed by atoms with Gasteiger partial charge in [0.1, 0.15) is 46.0 Å². The van der Waals surface area contributed by atoms with Crippen molar-refractivity contribution < 1.29 is 38.2 Å². The smallest absolute Gasteiger partial charge is 0.347 e. The number of carbonyl (C=O) groups is 4. The molecule has 0 spiro atoms. The van der Waals surface area contributed by atoms with E-state index in [0.29, 0.717) is 10.9 Å². The minimum absolute atomic E-state index is 0.0217. The first-order valence-electron chi connectivity index (χ1n) is 19.8. The van der Waals surface area contributed by atoms with Crippen molar-refractivity contribution in [3.63, 3.8) is 0 Å². The number of anilines is 1. The van der Waals surface area contributed by atoms with Crippen molar-refractivity contribution in [2.75, 3.05) is 37.2 Å². The summed E-state index contributed by atoms with van der Waals surface area (Å²) >= 11 is 8.98. The summed E-state index contributed by atoms with van der Waals surface area (Å²) in [6, 6.07) is 36.1. The number of β-lactam (4-membered cyclic amide) rings is 1. The second-order valence-corrected chi connectivity index (χ2v) is 18.0. The summed E-state index contributed by atoms with van der Waals surface area (Å²) < 4.78 is 16.2. The van der Waals surface area contributed by atoms with Crippen LogP contribution >= 0.6 is 34.7 Å². The van der Waals surface area contributed by atoms with Gasteiger partial charge in [-0.05, 0) is 55.2 Å². The van der Waals surface area contributed by atoms with Gasteiger partial charge in [-0.2, -0.15) is 0 Å². The number of ether oxygens (including phenoxy) is 3. The number of methoxy groups -OCH3 is 1. The largest absolute Gasteiger partial charge is 0.497 e. The second-order valence-electron chi connectivity index (χ2n) is 15.8. The van der Waals surface area contributed by atoms with Crippen LogP contribution < -0.4 is 15.4 Å². The van der Waals surface area contributed by atoms with Gasteiger partial charge in [0.05, 0.1) is 7.11 Å². The second kappa shape index (κ2) is 19.0. The third-order valence-corrected chi connectivity index (χ3v) is 13.1. The van der Waals surface area contributed by atoms with Crippen LogP contribution in [0.3, 0.4) is 0 Å². The van der Waals surface area contributed by atoms with Gasteiger partial charge < -0.3 is 34.6 Å². The molecular formula is C46H46ClN5O8S2. The van der Waals surface area contributed by atoms with Crippen molar-refractivity contribution in [3.8, 4) is 5.75 Å². The third kappa shape index (κ3) is 9.59. The van der Waals surface area contributed by atoms with Crippen LogP contribution in [0.2, 0.25) is 0 Å². The van der Waals surface area contributed by atoms with E-state index in [-0.39, 0.29) is 36.2 Å². The van der Waals surface area contributed by atoms with E-state index in [0.717, 1.165) is 22.3 Å². The molecule has 2 fully saturated rings. The molecule has 7 rings (SSSR count). The van der Waals surface area contributed by atoms with Crippen LogP contribution in [0.5, 0.6) is 5.75 Å². The van der Waals surface area contributed by atoms with E-state index in [4.69, 9.17) is 35.6 Å². The van der Waals surface area contributed by atoms with Gasteiger partial charge in [0.2, 0.25) is 12.5 Å². The number of benzene rings is 4. The van der Waals surface area contributed by atoms with Gasteiger partial charge in [0.25, 0.3) is 5.91 Å². The number of thiazole rings is 1. The summed E-state index contributed by atoms with van der Waals surface area (Å²) in [4.78, 5) is 65.7. The van der Waals surface area contributed by atoms with Crippen LogP contribution in [0.25, 0.3) is 0 Å². The van der Waals surface area contributed by atoms with Gasteiger partial charge in [-0.1, -0.05) is 108 Å². The van der Waals surface area contributed by atoms with Crippen molar-refractivity contribution in [2.24, 2.45) is 10.6 Å². The number of nitrogens with one attached hydrogen (secondary N) is 2. The molecule has 2 saturated heterocycles. The van der Waals surface area contributed by atoms with Gasteiger partial charge in [-0.3, -0.25) is 14.4 Å². The lowest BCUT2D eigenvalue weighted by Gasteiger charge is -2.53. The van der Waals surface area contributed by atoms with E-state index in [2.05, 4.69) is 15.8 Å². The number of thioether (sulfide) groups is 1. The summed E-state index contributed by atoms with van der Waals surface area (Å²) in [6.45, 7) is 4.65. The number of hydrogen-bond acceptors (Lipinski definition) is 13. The zero-order valence-electron chi connectivity index (χ0n) is 34.5. The molecule has 16 heteroatoms. The van der Waals surface area contributed by atoms with Crippen LogP contribution in [0.15, 0.2) is 126 Å². The Labute approximate surface area is 373 Å². The van der Waals surface area contributed by atoms with Gasteiger partial charge in [0.15, 0.2) is 10.8 Å². The Morgan fingerprint density at radius 2 is 1.50 bits per heavy atom. The molecule has 2 amide bonds. The molecule has 62 heavy (non-hydrogen) atoms. The Morgan fingerprint density at radius 1 is 0.903 bits per heavy atom. The van der Waals surface area contributed by atoms with Crippen LogP contribution in [0.1, 0.15) is 48.7 Å². The molecule has 2 aliphatic heterocycles. The maximum Gasteiger partial charge on any atom is 0.347 e. The lowest BCUT2D eigenvalue weighted by atomic mass is 9.77. The highest BCUT2D eigenvalue weighted by atomic mass is 35.5. The first kappa shape index (κ1) is 44.2. The van der Waals surface area contributed by atoms with Gasteiger partial charge in [-0.15, -0.1) is 34.7 Å². The molecule has 3 heterocycles. The standard InChI is InChI=1S/C46H46ClN5O8S2/c1-44(2,3)60-36(53)25-59-51-37(35-26-61-43(48-35)50-46(31-14-8-5-9-15-31,32-16-10-6-11-17-32)33-18-12-7-13-19-33)39(54)49-38-40(55)52-28-45(27-47,29-62-41(38)52)42(56)58-24-30-20-22-34(57-4)23-21-30/h5-23,26,38,41H,24-25,27-29H2,1-4H3,(H,48,50)(H,49,54)/t38?,41-,45?/m1/s1. The molecule has 2 N–H and O–H groups in total. The molecule has 2 aliphatic rings. The highest BCUT2D eigenvalue weighted by Gasteiger charge is 2.58. The molecule has 5 aromatic rings. The van der Waals surface area contributed by atoms with Crippen molar-refractivity contribution in [1.82, 2.24) is 15.2 Å². The fourth-order valence-electron chi connectivity index (χ4n) is 7.23. The first-order chi connectivity index (χ1) is 29.9. The van der Waals surface area contributed by atoms with Crippen LogP contribution in [-0.4, -0.2) is 88.3 Å². The number of carbonyl (C=O) groups excluding carboxylic acids is 4. The average molecular weight is 896 g/mol. The molecule has 2 unspecified atom stereocenters. The van der Waals surface area contributed by atoms with Crippen molar-refractivity contribution in [1.29, 1.82) is 0 Å². The molecule has 0 bridgehead atoms. The Morgan fingerprint density at radius 3 is 2.05 bits per heavy atom. The molecule has 13 nitrogen and oxygen atoms in total. The quantitative estimate of drug-likeness (QED) is 0.0263. The molecule has 4 aromatic carbocycles. The molecule has 0 saturated carbocycles. The number of alkyl halides is 1. The monoisotopic (exact) mass is 895 g/mol. The molecule has 1 aromatic heterocycles. The van der Waals surface area contributed by atoms with E-state index in [9.17, 15) is 19.2 Å². The fourth-order valence-corrected chi connectivity index (χ4v) is 9.91. The SMILES string of the molecule is COc1ccc(COC(=O)C2(CCl)CS[C@@H]3C(NC(=O)C(=NOCC(=O)OC(C)(C)C)c4csc(NC(c5ccccc5)(c5ccccc5)c5ccccc5)n4)C(=O)N3C2)cc1. The van der Waals surface area contributed by atoms with E-state index >= 15 is 0 Å². The number of fused-ring (bicyclic) bond motifs is 1. The Kier molecular flexibility index (Phi) is 13.5. The topological polar surface area (TPSA) is 158 Å². The number of nitrogens with zero attached hydrogens (tertiary/aromatic N) is 3. The zero-order valence-corrected chi connectivity index (χ0v) is 36.9. The summed E-state index contributed by atoms with van der Waals surface area (Å²) in [5, 5.41) is 12.2. The summed E-state index contributed by atoms with van der Waals surface area (Å²) in [7, 11) is 1.57. The molecule has 0 radical (unpaired) electrons. The zero-order chi connectivity index (χ0) is 43.9. The van der Waals surface area contributed by atoms with Crippen molar-refractivity contribution in [3.05, 3.63) is 149 Å². The predicted molar refractivity (Wildman–Crippen MR) is 239 cm³/mol. The first-order valence-corrected chi connectivity index (χ1v) is 22.2.